The van der Waals surface area contributed by atoms with Crippen LogP contribution in [0.3, 0.4) is 0 Å². The molecule has 1 rings (SSSR count). The molecular weight excluding hydrogens is 220 g/mol. The lowest BCUT2D eigenvalue weighted by molar-refractivity contribution is -0.137. The molecule has 0 saturated heterocycles. The summed E-state index contributed by atoms with van der Waals surface area (Å²) in [6.07, 6.45) is 4.07. The van der Waals surface area contributed by atoms with Gasteiger partial charge < -0.3 is 15.5 Å². The van der Waals surface area contributed by atoms with Gasteiger partial charge in [-0.15, -0.1) is 0 Å². The van der Waals surface area contributed by atoms with Crippen molar-refractivity contribution in [2.45, 2.75) is 25.4 Å². The molecule has 94 valence electrons. The Balaban J connectivity index is 2.06. The van der Waals surface area contributed by atoms with Crippen molar-refractivity contribution in [3.05, 3.63) is 30.1 Å². The molecule has 0 amide bonds. The molecule has 3 N–H and O–H groups in total. The number of aliphatic hydroxyl groups excluding tert-OH is 1. The quantitative estimate of drug-likeness (QED) is 0.572. The lowest BCUT2D eigenvalue weighted by atomic mass is 10.2. The van der Waals surface area contributed by atoms with Crippen LogP contribution < -0.4 is 5.32 Å². The number of carboxylic acid groups (broad SMARTS) is 1. The molecule has 0 saturated carbocycles. The maximum atomic E-state index is 10.3. The van der Waals surface area contributed by atoms with Gasteiger partial charge in [-0.25, -0.2) is 0 Å². The maximum Gasteiger partial charge on any atom is 0.303 e. The van der Waals surface area contributed by atoms with Gasteiger partial charge in [-0.3, -0.25) is 9.78 Å². The van der Waals surface area contributed by atoms with Crippen molar-refractivity contribution < 1.29 is 15.0 Å². The maximum absolute atomic E-state index is 10.3. The van der Waals surface area contributed by atoms with Gasteiger partial charge in [0.15, 0.2) is 0 Å². The first-order chi connectivity index (χ1) is 8.18. The molecule has 0 bridgehead atoms. The minimum absolute atomic E-state index is 0.00714. The number of carboxylic acids is 1. The molecule has 0 aliphatic rings. The molecule has 0 aliphatic carbocycles. The number of rotatable bonds is 8. The van der Waals surface area contributed by atoms with Crippen LogP contribution in [0.4, 0.5) is 0 Å². The van der Waals surface area contributed by atoms with E-state index >= 15 is 0 Å². The van der Waals surface area contributed by atoms with Crippen LogP contribution in [0.2, 0.25) is 0 Å². The molecule has 1 aromatic heterocycles. The molecule has 0 aliphatic heterocycles. The number of aliphatic carboxylic acids is 1. The molecule has 0 fully saturated rings. The first kappa shape index (κ1) is 13.6. The smallest absolute Gasteiger partial charge is 0.303 e. The normalized spacial score (nSPS) is 12.3. The topological polar surface area (TPSA) is 82.5 Å². The van der Waals surface area contributed by atoms with Gasteiger partial charge in [0.2, 0.25) is 0 Å². The second kappa shape index (κ2) is 7.76. The lowest BCUT2D eigenvalue weighted by Gasteiger charge is -2.10. The number of aliphatic hydroxyl groups is 1. The van der Waals surface area contributed by atoms with E-state index in [0.717, 1.165) is 13.0 Å². The molecule has 1 atom stereocenters. The third kappa shape index (κ3) is 6.65. The molecule has 1 aromatic rings. The molecule has 0 spiro atoms. The molecule has 1 unspecified atom stereocenters. The zero-order valence-electron chi connectivity index (χ0n) is 9.67. The van der Waals surface area contributed by atoms with Crippen molar-refractivity contribution in [3.63, 3.8) is 0 Å². The summed E-state index contributed by atoms with van der Waals surface area (Å²) in [5, 5.41) is 21.0. The number of pyridine rings is 1. The van der Waals surface area contributed by atoms with Crippen LogP contribution in [0, 0.1) is 0 Å². The summed E-state index contributed by atoms with van der Waals surface area (Å²) in [4.78, 5) is 14.2. The molecule has 5 heteroatoms. The van der Waals surface area contributed by atoms with E-state index in [9.17, 15) is 9.90 Å². The minimum atomic E-state index is -0.874. The van der Waals surface area contributed by atoms with E-state index in [-0.39, 0.29) is 12.8 Å². The van der Waals surface area contributed by atoms with Gasteiger partial charge >= 0.3 is 5.97 Å². The summed E-state index contributed by atoms with van der Waals surface area (Å²) in [5.41, 5.74) is 1.19. The van der Waals surface area contributed by atoms with Crippen molar-refractivity contribution in [2.24, 2.45) is 0 Å². The van der Waals surface area contributed by atoms with E-state index in [0.29, 0.717) is 6.54 Å². The molecule has 1 heterocycles. The standard InChI is InChI=1S/C12H18N2O3/c15-11(1-2-12(16)17)9-14-8-5-10-3-6-13-7-4-10/h3-4,6-7,11,14-15H,1-2,5,8-9H2,(H,16,17). The summed E-state index contributed by atoms with van der Waals surface area (Å²) in [6, 6.07) is 3.89. The Labute approximate surface area is 101 Å². The fourth-order valence-electron chi connectivity index (χ4n) is 1.44. The number of aromatic nitrogens is 1. The molecule has 5 nitrogen and oxygen atoms in total. The van der Waals surface area contributed by atoms with Gasteiger partial charge in [0.1, 0.15) is 0 Å². The van der Waals surface area contributed by atoms with Gasteiger partial charge in [-0.2, -0.15) is 0 Å². The zero-order chi connectivity index (χ0) is 12.5. The third-order valence-electron chi connectivity index (χ3n) is 2.41. The molecule has 0 radical (unpaired) electrons. The van der Waals surface area contributed by atoms with E-state index in [1.54, 1.807) is 12.4 Å². The van der Waals surface area contributed by atoms with Crippen LogP contribution >= 0.6 is 0 Å². The predicted molar refractivity (Wildman–Crippen MR) is 63.7 cm³/mol. The van der Waals surface area contributed by atoms with Crippen LogP contribution in [-0.4, -0.2) is 40.4 Å². The lowest BCUT2D eigenvalue weighted by Crippen LogP contribution is -2.28. The fraction of sp³-hybridized carbons (Fsp3) is 0.500. The summed E-state index contributed by atoms with van der Waals surface area (Å²) < 4.78 is 0. The molecule has 17 heavy (non-hydrogen) atoms. The van der Waals surface area contributed by atoms with Crippen LogP contribution in [0.25, 0.3) is 0 Å². The van der Waals surface area contributed by atoms with Crippen LogP contribution in [-0.2, 0) is 11.2 Å². The zero-order valence-corrected chi connectivity index (χ0v) is 9.67. The third-order valence-corrected chi connectivity index (χ3v) is 2.41. The van der Waals surface area contributed by atoms with Gasteiger partial charge in [0, 0.05) is 25.4 Å². The molecule has 0 aromatic carbocycles. The highest BCUT2D eigenvalue weighted by atomic mass is 16.4. The number of nitrogens with zero attached hydrogens (tertiary/aromatic N) is 1. The summed E-state index contributed by atoms with van der Waals surface area (Å²) in [5.74, 6) is -0.874. The van der Waals surface area contributed by atoms with Gasteiger partial charge in [-0.1, -0.05) is 0 Å². The van der Waals surface area contributed by atoms with Crippen LogP contribution in [0.1, 0.15) is 18.4 Å². The van der Waals surface area contributed by atoms with Crippen molar-refractivity contribution in [3.8, 4) is 0 Å². The predicted octanol–water partition coefficient (Wildman–Crippen LogP) is 0.439. The van der Waals surface area contributed by atoms with Gasteiger partial charge in [-0.05, 0) is 37.1 Å². The first-order valence-electron chi connectivity index (χ1n) is 5.68. The fourth-order valence-corrected chi connectivity index (χ4v) is 1.44. The second-order valence-electron chi connectivity index (χ2n) is 3.90. The summed E-state index contributed by atoms with van der Waals surface area (Å²) >= 11 is 0. The highest BCUT2D eigenvalue weighted by Crippen LogP contribution is 1.97. The van der Waals surface area contributed by atoms with E-state index in [1.807, 2.05) is 12.1 Å². The highest BCUT2D eigenvalue weighted by molar-refractivity contribution is 5.66. The number of carbonyl (C=O) groups is 1. The van der Waals surface area contributed by atoms with Crippen molar-refractivity contribution >= 4 is 5.97 Å². The Hall–Kier alpha value is -1.46. The first-order valence-corrected chi connectivity index (χ1v) is 5.68. The van der Waals surface area contributed by atoms with Crippen LogP contribution in [0.5, 0.6) is 0 Å². The number of hydrogen-bond acceptors (Lipinski definition) is 4. The SMILES string of the molecule is O=C(O)CCC(O)CNCCc1ccncc1. The average molecular weight is 238 g/mol. The van der Waals surface area contributed by atoms with Crippen molar-refractivity contribution in [2.75, 3.05) is 13.1 Å². The van der Waals surface area contributed by atoms with Crippen LogP contribution in [0.15, 0.2) is 24.5 Å². The Morgan fingerprint density at radius 3 is 2.76 bits per heavy atom. The highest BCUT2D eigenvalue weighted by Gasteiger charge is 2.06. The average Bonchev–Trinajstić information content (AvgIpc) is 2.33. The van der Waals surface area contributed by atoms with E-state index in [4.69, 9.17) is 5.11 Å². The number of nitrogens with one attached hydrogen (secondary N) is 1. The summed E-state index contributed by atoms with van der Waals surface area (Å²) in [7, 11) is 0. The van der Waals surface area contributed by atoms with E-state index < -0.39 is 12.1 Å². The van der Waals surface area contributed by atoms with E-state index in [1.165, 1.54) is 5.56 Å². The number of hydrogen-bond donors (Lipinski definition) is 3. The summed E-state index contributed by atoms with van der Waals surface area (Å²) in [6.45, 7) is 1.19. The Morgan fingerprint density at radius 1 is 1.41 bits per heavy atom. The Morgan fingerprint density at radius 2 is 2.12 bits per heavy atom. The van der Waals surface area contributed by atoms with Crippen molar-refractivity contribution in [1.29, 1.82) is 0 Å². The van der Waals surface area contributed by atoms with E-state index in [2.05, 4.69) is 10.3 Å². The molecular formula is C12H18N2O3. The Kier molecular flexibility index (Phi) is 6.21. The Bertz CT molecular complexity index is 330. The second-order valence-corrected chi connectivity index (χ2v) is 3.90. The van der Waals surface area contributed by atoms with Gasteiger partial charge in [0.05, 0.1) is 6.10 Å². The van der Waals surface area contributed by atoms with Crippen molar-refractivity contribution in [1.82, 2.24) is 10.3 Å². The van der Waals surface area contributed by atoms with Gasteiger partial charge in [0.25, 0.3) is 0 Å². The minimum Gasteiger partial charge on any atom is -0.481 e. The monoisotopic (exact) mass is 238 g/mol. The largest absolute Gasteiger partial charge is 0.481 e.